The molecular formula is C18H29BN4O3P2S. The number of benzene rings is 1. The molecule has 1 aromatic carbocycles. The number of sulfonamides is 1. The highest BCUT2D eigenvalue weighted by atomic mass is 32.2. The average molecular weight is 454 g/mol. The Morgan fingerprint density at radius 2 is 1.79 bits per heavy atom. The van der Waals surface area contributed by atoms with E-state index in [1.807, 2.05) is 37.3 Å². The van der Waals surface area contributed by atoms with Gasteiger partial charge in [0.05, 0.1) is 6.61 Å². The Bertz CT molecular complexity index is 872. The Balaban J connectivity index is 2.24. The summed E-state index contributed by atoms with van der Waals surface area (Å²) in [5, 5.41) is -0.883. The van der Waals surface area contributed by atoms with E-state index in [4.69, 9.17) is 10.6 Å². The number of hydrogen-bond donors (Lipinski definition) is 1. The van der Waals surface area contributed by atoms with E-state index in [0.29, 0.717) is 18.8 Å². The van der Waals surface area contributed by atoms with E-state index in [0.717, 1.165) is 15.5 Å². The quantitative estimate of drug-likeness (QED) is 0.256. The first-order valence-corrected chi connectivity index (χ1v) is 12.2. The van der Waals surface area contributed by atoms with Crippen molar-refractivity contribution in [1.29, 1.82) is 0 Å². The first-order chi connectivity index (χ1) is 13.6. The summed E-state index contributed by atoms with van der Waals surface area (Å²) in [4.78, 5) is 8.58. The molecule has 0 aliphatic heterocycles. The zero-order valence-corrected chi connectivity index (χ0v) is 20.1. The van der Waals surface area contributed by atoms with Gasteiger partial charge in [-0.25, -0.2) is 18.4 Å². The van der Waals surface area contributed by atoms with E-state index in [2.05, 4.69) is 28.4 Å². The number of aromatic nitrogens is 2. The maximum absolute atomic E-state index is 13.2. The summed E-state index contributed by atoms with van der Waals surface area (Å²) >= 11 is 0. The number of nitrogens with two attached hydrogens (primary N) is 1. The van der Waals surface area contributed by atoms with E-state index in [1.54, 1.807) is 26.1 Å². The fourth-order valence-corrected chi connectivity index (χ4v) is 4.52. The van der Waals surface area contributed by atoms with Crippen molar-refractivity contribution in [1.82, 2.24) is 14.3 Å². The molecule has 0 saturated carbocycles. The van der Waals surface area contributed by atoms with Gasteiger partial charge in [-0.3, -0.25) is 5.84 Å². The maximum atomic E-state index is 13.2. The van der Waals surface area contributed by atoms with E-state index in [9.17, 15) is 8.42 Å². The molecule has 0 spiro atoms. The van der Waals surface area contributed by atoms with Crippen LogP contribution >= 0.6 is 18.5 Å². The summed E-state index contributed by atoms with van der Waals surface area (Å²) in [7, 11) is 1.33. The fourth-order valence-electron chi connectivity index (χ4n) is 2.83. The van der Waals surface area contributed by atoms with Crippen LogP contribution in [0.4, 0.5) is 0 Å². The smallest absolute Gasteiger partial charge is 0.263 e. The summed E-state index contributed by atoms with van der Waals surface area (Å²) in [6, 6.07) is 9.65. The molecule has 4 atom stereocenters. The lowest BCUT2D eigenvalue weighted by molar-refractivity contribution is 0.0537. The topological polar surface area (TPSA) is 98.4 Å². The molecule has 0 amide bonds. The summed E-state index contributed by atoms with van der Waals surface area (Å²) < 4.78 is 33.3. The van der Waals surface area contributed by atoms with Crippen LogP contribution in [0.25, 0.3) is 0 Å². The molecule has 7 nitrogen and oxygen atoms in total. The number of ether oxygens (including phenoxy) is 1. The molecule has 158 valence electrons. The molecular weight excluding hydrogens is 425 g/mol. The highest BCUT2D eigenvalue weighted by molar-refractivity contribution is 7.90. The summed E-state index contributed by atoms with van der Waals surface area (Å²) in [5.74, 6) is 6.41. The molecule has 1 heterocycles. The van der Waals surface area contributed by atoms with Gasteiger partial charge in [-0.05, 0) is 25.7 Å². The van der Waals surface area contributed by atoms with Crippen molar-refractivity contribution in [2.45, 2.75) is 43.7 Å². The van der Waals surface area contributed by atoms with Gasteiger partial charge in [0.15, 0.2) is 5.82 Å². The van der Waals surface area contributed by atoms with Crippen molar-refractivity contribution in [3.63, 3.8) is 0 Å². The lowest BCUT2D eigenvalue weighted by Gasteiger charge is -2.30. The molecule has 0 aliphatic carbocycles. The predicted octanol–water partition coefficient (Wildman–Crippen LogP) is 2.22. The van der Waals surface area contributed by atoms with Crippen molar-refractivity contribution in [2.24, 2.45) is 5.84 Å². The van der Waals surface area contributed by atoms with Gasteiger partial charge < -0.3 is 4.74 Å². The molecule has 0 radical (unpaired) electrons. The zero-order chi connectivity index (χ0) is 21.6. The van der Waals surface area contributed by atoms with Crippen molar-refractivity contribution >= 4 is 35.4 Å². The van der Waals surface area contributed by atoms with Crippen LogP contribution in [0.1, 0.15) is 30.0 Å². The molecule has 11 heteroatoms. The Kier molecular flexibility index (Phi) is 9.14. The second-order valence-corrected chi connectivity index (χ2v) is 11.8. The zero-order valence-electron chi connectivity index (χ0n) is 17.0. The molecule has 2 N–H and O–H groups in total. The van der Waals surface area contributed by atoms with Gasteiger partial charge in [0.2, 0.25) is 10.0 Å². The minimum atomic E-state index is -3.87. The van der Waals surface area contributed by atoms with Gasteiger partial charge in [0, 0.05) is 17.8 Å². The lowest BCUT2D eigenvalue weighted by atomic mass is 9.61. The van der Waals surface area contributed by atoms with Gasteiger partial charge in [-0.2, -0.15) is 4.33 Å². The van der Waals surface area contributed by atoms with Crippen LogP contribution in [0.15, 0.2) is 42.7 Å². The second kappa shape index (κ2) is 10.9. The van der Waals surface area contributed by atoms with Crippen LogP contribution in [-0.4, -0.2) is 46.8 Å². The van der Waals surface area contributed by atoms with Crippen molar-refractivity contribution in [2.75, 3.05) is 6.61 Å². The fraction of sp³-hybridized carbons (Fsp3) is 0.444. The summed E-state index contributed by atoms with van der Waals surface area (Å²) in [6.45, 7) is 5.14. The first-order valence-electron chi connectivity index (χ1n) is 9.36. The minimum Gasteiger partial charge on any atom is -0.368 e. The van der Waals surface area contributed by atoms with Crippen LogP contribution in [-0.2, 0) is 21.1 Å². The lowest BCUT2D eigenvalue weighted by Crippen LogP contribution is -2.52. The molecule has 0 bridgehead atoms. The van der Waals surface area contributed by atoms with Crippen molar-refractivity contribution in [3.05, 3.63) is 59.7 Å². The number of hydrogen-bond acceptors (Lipinski definition) is 6. The van der Waals surface area contributed by atoms with Crippen LogP contribution < -0.4 is 5.84 Å². The van der Waals surface area contributed by atoms with Gasteiger partial charge in [-0.15, -0.1) is 18.5 Å². The molecule has 29 heavy (non-hydrogen) atoms. The van der Waals surface area contributed by atoms with E-state index in [1.165, 1.54) is 0 Å². The summed E-state index contributed by atoms with van der Waals surface area (Å²) in [5.41, 5.74) is 1.90. The van der Waals surface area contributed by atoms with Gasteiger partial charge in [-0.1, -0.05) is 42.7 Å². The van der Waals surface area contributed by atoms with Crippen molar-refractivity contribution < 1.29 is 13.2 Å². The standard InChI is InChI=1S/C18H29BN4O3P2S/c1-13-10-21-18(22-11-13)17(26-12-16(27)28)14(2)29(24,25)23(20)19(3)9-15-7-5-4-6-8-15/h4-8,10-11,14,16-17H,9,12,20,27-28H2,1-3H3. The average Bonchev–Trinajstić information content (AvgIpc) is 2.69. The Labute approximate surface area is 178 Å². The Morgan fingerprint density at radius 1 is 1.21 bits per heavy atom. The van der Waals surface area contributed by atoms with Crippen LogP contribution in [0.3, 0.4) is 0 Å². The third kappa shape index (κ3) is 6.78. The highest BCUT2D eigenvalue weighted by Crippen LogP contribution is 2.27. The van der Waals surface area contributed by atoms with E-state index < -0.39 is 28.2 Å². The van der Waals surface area contributed by atoms with Crippen LogP contribution in [0.5, 0.6) is 0 Å². The van der Waals surface area contributed by atoms with Gasteiger partial charge >= 0.3 is 0 Å². The third-order valence-corrected chi connectivity index (χ3v) is 7.04. The van der Waals surface area contributed by atoms with E-state index in [-0.39, 0.29) is 5.40 Å². The third-order valence-electron chi connectivity index (χ3n) is 4.52. The van der Waals surface area contributed by atoms with Gasteiger partial charge in [0.25, 0.3) is 6.85 Å². The highest BCUT2D eigenvalue weighted by Gasteiger charge is 2.39. The second-order valence-electron chi connectivity index (χ2n) is 7.16. The van der Waals surface area contributed by atoms with Crippen molar-refractivity contribution in [3.8, 4) is 0 Å². The van der Waals surface area contributed by atoms with Crippen LogP contribution in [0, 0.1) is 6.92 Å². The SMILES string of the molecule is CB(Cc1ccccc1)N(N)S(=O)(=O)C(C)C(OCC(P)P)c1ncc(C)cn1. The maximum Gasteiger partial charge on any atom is 0.263 e. The molecule has 0 fully saturated rings. The molecule has 0 saturated heterocycles. The molecule has 0 aliphatic rings. The normalized spacial score (nSPS) is 14.2. The Morgan fingerprint density at radius 3 is 2.34 bits per heavy atom. The summed E-state index contributed by atoms with van der Waals surface area (Å²) in [6.07, 6.45) is 2.97. The molecule has 1 aromatic heterocycles. The molecule has 2 rings (SSSR count). The number of aryl methyl sites for hydroxylation is 1. The predicted molar refractivity (Wildman–Crippen MR) is 125 cm³/mol. The number of rotatable bonds is 10. The Hall–Kier alpha value is -0.945. The van der Waals surface area contributed by atoms with Gasteiger partial charge in [0.1, 0.15) is 11.4 Å². The van der Waals surface area contributed by atoms with E-state index >= 15 is 0 Å². The minimum absolute atomic E-state index is 0.0730. The monoisotopic (exact) mass is 454 g/mol. The number of hydrazine groups is 1. The largest absolute Gasteiger partial charge is 0.368 e. The number of nitrogens with zero attached hydrogens (tertiary/aromatic N) is 3. The first kappa shape index (κ1) is 24.3. The molecule has 4 unspecified atom stereocenters. The van der Waals surface area contributed by atoms with Crippen LogP contribution in [0.2, 0.25) is 6.82 Å². The molecule has 2 aromatic rings.